The summed E-state index contributed by atoms with van der Waals surface area (Å²) in [6, 6.07) is 4.21. The summed E-state index contributed by atoms with van der Waals surface area (Å²) in [4.78, 5) is 37.6. The number of carboxylic acid groups (broad SMARTS) is 1. The highest BCUT2D eigenvalue weighted by Crippen LogP contribution is 2.53. The van der Waals surface area contributed by atoms with Crippen molar-refractivity contribution in [3.63, 3.8) is 0 Å². The van der Waals surface area contributed by atoms with Crippen molar-refractivity contribution >= 4 is 35.1 Å². The summed E-state index contributed by atoms with van der Waals surface area (Å²) in [5, 5.41) is 9.22. The van der Waals surface area contributed by atoms with Gasteiger partial charge in [-0.2, -0.15) is 0 Å². The van der Waals surface area contributed by atoms with Crippen LogP contribution in [0.15, 0.2) is 30.4 Å². The second-order valence-electron chi connectivity index (χ2n) is 5.98. The zero-order valence-corrected chi connectivity index (χ0v) is 12.2. The second-order valence-corrected chi connectivity index (χ2v) is 6.39. The molecule has 2 aliphatic carbocycles. The van der Waals surface area contributed by atoms with Crippen molar-refractivity contribution in [3.8, 4) is 0 Å². The van der Waals surface area contributed by atoms with E-state index in [-0.39, 0.29) is 51.8 Å². The highest BCUT2D eigenvalue weighted by atomic mass is 35.5. The SMILES string of the molecule is O=C(O)c1cc(N2C(=O)C3C4C=CC(C4)C3C2=O)ccc1Cl. The fourth-order valence-corrected chi connectivity index (χ4v) is 4.17. The number of benzene rings is 1. The molecule has 0 aromatic heterocycles. The number of amides is 2. The van der Waals surface area contributed by atoms with Gasteiger partial charge in [0, 0.05) is 0 Å². The number of rotatable bonds is 2. The molecule has 1 aromatic rings. The van der Waals surface area contributed by atoms with Crippen LogP contribution in [0.25, 0.3) is 0 Å². The highest BCUT2D eigenvalue weighted by Gasteiger charge is 2.59. The molecular weight excluding hydrogens is 306 g/mol. The van der Waals surface area contributed by atoms with Crippen molar-refractivity contribution in [2.45, 2.75) is 6.42 Å². The molecule has 2 amide bonds. The third-order valence-corrected chi connectivity index (χ3v) is 5.24. The van der Waals surface area contributed by atoms with Crippen molar-refractivity contribution in [2.24, 2.45) is 23.7 Å². The largest absolute Gasteiger partial charge is 0.478 e. The molecule has 1 saturated carbocycles. The Bertz CT molecular complexity index is 727. The van der Waals surface area contributed by atoms with Crippen LogP contribution in [-0.2, 0) is 9.59 Å². The highest BCUT2D eigenvalue weighted by molar-refractivity contribution is 6.34. The van der Waals surface area contributed by atoms with E-state index in [0.717, 1.165) is 11.3 Å². The number of aromatic carboxylic acids is 1. The number of anilines is 1. The van der Waals surface area contributed by atoms with Crippen LogP contribution in [0, 0.1) is 23.7 Å². The molecule has 1 saturated heterocycles. The fourth-order valence-electron chi connectivity index (χ4n) is 3.97. The Balaban J connectivity index is 1.76. The lowest BCUT2D eigenvalue weighted by Crippen LogP contribution is -2.33. The first-order valence-electron chi connectivity index (χ1n) is 7.08. The zero-order valence-electron chi connectivity index (χ0n) is 11.4. The summed E-state index contributed by atoms with van der Waals surface area (Å²) < 4.78 is 0. The Morgan fingerprint density at radius 1 is 1.14 bits per heavy atom. The Morgan fingerprint density at radius 2 is 1.73 bits per heavy atom. The number of hydrogen-bond donors (Lipinski definition) is 1. The van der Waals surface area contributed by atoms with Crippen molar-refractivity contribution in [1.29, 1.82) is 0 Å². The van der Waals surface area contributed by atoms with E-state index in [0.29, 0.717) is 0 Å². The number of halogens is 1. The maximum Gasteiger partial charge on any atom is 0.337 e. The predicted octanol–water partition coefficient (Wildman–Crippen LogP) is 2.35. The first kappa shape index (κ1) is 13.5. The molecule has 1 aromatic carbocycles. The maximum absolute atomic E-state index is 12.6. The van der Waals surface area contributed by atoms with Gasteiger partial charge in [-0.15, -0.1) is 0 Å². The van der Waals surface area contributed by atoms with Crippen LogP contribution in [0.5, 0.6) is 0 Å². The normalized spacial score (nSPS) is 32.0. The number of fused-ring (bicyclic) bond motifs is 5. The lowest BCUT2D eigenvalue weighted by Gasteiger charge is -2.18. The summed E-state index contributed by atoms with van der Waals surface area (Å²) in [7, 11) is 0. The number of carbonyl (C=O) groups excluding carboxylic acids is 2. The Labute approximate surface area is 131 Å². The van der Waals surface area contributed by atoms with E-state index in [1.165, 1.54) is 18.2 Å². The Morgan fingerprint density at radius 3 is 2.27 bits per heavy atom. The second kappa shape index (κ2) is 4.43. The maximum atomic E-state index is 12.6. The van der Waals surface area contributed by atoms with Crippen LogP contribution in [-0.4, -0.2) is 22.9 Å². The minimum Gasteiger partial charge on any atom is -0.478 e. The van der Waals surface area contributed by atoms with Gasteiger partial charge < -0.3 is 5.11 Å². The van der Waals surface area contributed by atoms with Crippen LogP contribution >= 0.6 is 11.6 Å². The molecule has 1 heterocycles. The van der Waals surface area contributed by atoms with E-state index in [4.69, 9.17) is 16.7 Å². The predicted molar refractivity (Wildman–Crippen MR) is 78.6 cm³/mol. The number of imide groups is 1. The average molecular weight is 318 g/mol. The third-order valence-electron chi connectivity index (χ3n) is 4.91. The molecule has 0 spiro atoms. The molecular formula is C16H12ClNO4. The van der Waals surface area contributed by atoms with Crippen LogP contribution < -0.4 is 4.90 Å². The van der Waals surface area contributed by atoms with E-state index in [1.54, 1.807) is 0 Å². The number of hydrogen-bond acceptors (Lipinski definition) is 3. The van der Waals surface area contributed by atoms with Crippen LogP contribution in [0.1, 0.15) is 16.8 Å². The van der Waals surface area contributed by atoms with Crippen molar-refractivity contribution in [1.82, 2.24) is 0 Å². The van der Waals surface area contributed by atoms with Crippen LogP contribution in [0.3, 0.4) is 0 Å². The third kappa shape index (κ3) is 1.63. The standard InChI is InChI=1S/C16H12ClNO4/c17-11-4-3-9(6-10(11)16(21)22)18-14(19)12-7-1-2-8(5-7)13(12)15(18)20/h1-4,6-8,12-13H,5H2,(H,21,22). The molecule has 3 aliphatic rings. The van der Waals surface area contributed by atoms with Gasteiger partial charge in [0.2, 0.25) is 11.8 Å². The monoisotopic (exact) mass is 317 g/mol. The number of carbonyl (C=O) groups is 3. The number of carboxylic acids is 1. The van der Waals surface area contributed by atoms with E-state index in [1.807, 2.05) is 12.2 Å². The summed E-state index contributed by atoms with van der Waals surface area (Å²) >= 11 is 5.84. The lowest BCUT2D eigenvalue weighted by molar-refractivity contribution is -0.123. The summed E-state index contributed by atoms with van der Waals surface area (Å²) in [5.41, 5.74) is 0.170. The molecule has 112 valence electrons. The van der Waals surface area contributed by atoms with E-state index < -0.39 is 5.97 Å². The molecule has 4 rings (SSSR count). The van der Waals surface area contributed by atoms with E-state index >= 15 is 0 Å². The number of allylic oxidation sites excluding steroid dienone is 2. The molecule has 4 atom stereocenters. The number of nitrogens with zero attached hydrogens (tertiary/aromatic N) is 1. The van der Waals surface area contributed by atoms with Crippen LogP contribution in [0.4, 0.5) is 5.69 Å². The molecule has 1 N–H and O–H groups in total. The van der Waals surface area contributed by atoms with Gasteiger partial charge in [-0.1, -0.05) is 23.8 Å². The summed E-state index contributed by atoms with van der Waals surface area (Å²) in [6.45, 7) is 0. The molecule has 2 fully saturated rings. The quantitative estimate of drug-likeness (QED) is 0.671. The van der Waals surface area contributed by atoms with Crippen molar-refractivity contribution in [2.75, 3.05) is 4.90 Å². The molecule has 0 radical (unpaired) electrons. The first-order valence-corrected chi connectivity index (χ1v) is 7.46. The molecule has 1 aliphatic heterocycles. The van der Waals surface area contributed by atoms with Gasteiger partial charge in [-0.05, 0) is 36.5 Å². The zero-order chi connectivity index (χ0) is 15.6. The first-order chi connectivity index (χ1) is 10.5. The van der Waals surface area contributed by atoms with Gasteiger partial charge in [-0.3, -0.25) is 9.59 Å². The minimum absolute atomic E-state index is 0.0808. The van der Waals surface area contributed by atoms with Gasteiger partial charge >= 0.3 is 5.97 Å². The lowest BCUT2D eigenvalue weighted by atomic mass is 9.85. The van der Waals surface area contributed by atoms with Gasteiger partial charge in [0.15, 0.2) is 0 Å². The average Bonchev–Trinajstić information content (AvgIpc) is 3.14. The molecule has 5 nitrogen and oxygen atoms in total. The molecule has 4 unspecified atom stereocenters. The van der Waals surface area contributed by atoms with E-state index in [9.17, 15) is 14.4 Å². The molecule has 6 heteroatoms. The van der Waals surface area contributed by atoms with Crippen molar-refractivity contribution in [3.05, 3.63) is 40.9 Å². The van der Waals surface area contributed by atoms with Crippen LogP contribution in [0.2, 0.25) is 5.02 Å². The fraction of sp³-hybridized carbons (Fsp3) is 0.312. The Kier molecular flexibility index (Phi) is 2.72. The topological polar surface area (TPSA) is 74.7 Å². The minimum atomic E-state index is -1.19. The van der Waals surface area contributed by atoms with Gasteiger partial charge in [0.25, 0.3) is 0 Å². The smallest absolute Gasteiger partial charge is 0.337 e. The summed E-state index contributed by atoms with van der Waals surface area (Å²) in [5.74, 6) is -1.99. The molecule has 2 bridgehead atoms. The van der Waals surface area contributed by atoms with Gasteiger partial charge in [0.05, 0.1) is 28.1 Å². The molecule has 22 heavy (non-hydrogen) atoms. The van der Waals surface area contributed by atoms with E-state index in [2.05, 4.69) is 0 Å². The van der Waals surface area contributed by atoms with Crippen molar-refractivity contribution < 1.29 is 19.5 Å². The summed E-state index contributed by atoms with van der Waals surface area (Å²) in [6.07, 6.45) is 4.90. The Hall–Kier alpha value is -2.14. The van der Waals surface area contributed by atoms with Gasteiger partial charge in [-0.25, -0.2) is 9.69 Å². The van der Waals surface area contributed by atoms with Gasteiger partial charge in [0.1, 0.15) is 0 Å².